The van der Waals surface area contributed by atoms with Crippen molar-refractivity contribution in [1.82, 2.24) is 9.21 Å². The minimum absolute atomic E-state index is 0.0774. The lowest BCUT2D eigenvalue weighted by Gasteiger charge is -2.21. The molecular formula is C22H28ClN3O5S. The quantitative estimate of drug-likeness (QED) is 0.592. The molecule has 0 aliphatic rings. The number of methoxy groups -OCH3 is 1. The number of amides is 2. The molecule has 0 heterocycles. The van der Waals surface area contributed by atoms with Gasteiger partial charge in [-0.15, -0.1) is 0 Å². The molecule has 1 N–H and O–H groups in total. The lowest BCUT2D eigenvalue weighted by Crippen LogP contribution is -2.35. The van der Waals surface area contributed by atoms with E-state index in [4.69, 9.17) is 16.3 Å². The number of ether oxygens (including phenoxy) is 1. The minimum atomic E-state index is -3.73. The average molecular weight is 482 g/mol. The van der Waals surface area contributed by atoms with Crippen LogP contribution in [0.1, 0.15) is 29.8 Å². The molecule has 0 atom stereocenters. The molecule has 0 fully saturated rings. The summed E-state index contributed by atoms with van der Waals surface area (Å²) in [4.78, 5) is 26.7. The summed E-state index contributed by atoms with van der Waals surface area (Å²) >= 11 is 5.98. The second-order valence-corrected chi connectivity index (χ2v) is 9.47. The number of aryl methyl sites for hydroxylation is 1. The van der Waals surface area contributed by atoms with E-state index < -0.39 is 21.8 Å². The van der Waals surface area contributed by atoms with E-state index in [0.717, 1.165) is 0 Å². The first-order valence-corrected chi connectivity index (χ1v) is 11.9. The Hall–Kier alpha value is -2.62. The van der Waals surface area contributed by atoms with Gasteiger partial charge in [-0.05, 0) is 42.8 Å². The third-order valence-corrected chi connectivity index (χ3v) is 7.35. The molecule has 8 nitrogen and oxygen atoms in total. The predicted octanol–water partition coefficient (Wildman–Crippen LogP) is 3.40. The standard InChI is InChI=1S/C22H28ClN3O5S/c1-6-26(7-2)32(29,30)20-12-16(9-8-15(20)3)22(28)25(4)14-21(27)24-18-13-17(23)10-11-19(18)31-5/h8-13H,6-7,14H2,1-5H3,(H,24,27). The summed E-state index contributed by atoms with van der Waals surface area (Å²) in [6.45, 7) is 5.59. The zero-order valence-electron chi connectivity index (χ0n) is 18.8. The molecule has 0 saturated carbocycles. The summed E-state index contributed by atoms with van der Waals surface area (Å²) in [6.07, 6.45) is 0. The Bertz CT molecular complexity index is 1100. The molecule has 0 aliphatic heterocycles. The van der Waals surface area contributed by atoms with E-state index in [9.17, 15) is 18.0 Å². The van der Waals surface area contributed by atoms with Gasteiger partial charge in [0.1, 0.15) is 5.75 Å². The number of likely N-dealkylation sites (N-methyl/N-ethyl adjacent to an activating group) is 1. The van der Waals surface area contributed by atoms with Crippen LogP contribution in [0.4, 0.5) is 5.69 Å². The first-order valence-electron chi connectivity index (χ1n) is 10.0. The number of carbonyl (C=O) groups is 2. The lowest BCUT2D eigenvalue weighted by atomic mass is 10.1. The van der Waals surface area contributed by atoms with Gasteiger partial charge in [0.25, 0.3) is 5.91 Å². The fraction of sp³-hybridized carbons (Fsp3) is 0.364. The molecule has 0 spiro atoms. The summed E-state index contributed by atoms with van der Waals surface area (Å²) in [5.74, 6) is -0.500. The third-order valence-electron chi connectivity index (χ3n) is 4.92. The predicted molar refractivity (Wildman–Crippen MR) is 125 cm³/mol. The number of hydrogen-bond donors (Lipinski definition) is 1. The zero-order valence-corrected chi connectivity index (χ0v) is 20.4. The Labute approximate surface area is 194 Å². The Morgan fingerprint density at radius 3 is 2.34 bits per heavy atom. The zero-order chi connectivity index (χ0) is 24.1. The van der Waals surface area contributed by atoms with Crippen LogP contribution >= 0.6 is 11.6 Å². The number of nitrogens with one attached hydrogen (secondary N) is 1. The Morgan fingerprint density at radius 1 is 1.09 bits per heavy atom. The van der Waals surface area contributed by atoms with Gasteiger partial charge < -0.3 is 15.0 Å². The molecule has 10 heteroatoms. The van der Waals surface area contributed by atoms with Gasteiger partial charge in [-0.2, -0.15) is 4.31 Å². The molecule has 0 radical (unpaired) electrons. The van der Waals surface area contributed by atoms with Crippen LogP contribution in [0.25, 0.3) is 0 Å². The van der Waals surface area contributed by atoms with E-state index in [-0.39, 0.29) is 17.0 Å². The number of anilines is 1. The van der Waals surface area contributed by atoms with Crippen LogP contribution in [0.15, 0.2) is 41.3 Å². The highest BCUT2D eigenvalue weighted by Gasteiger charge is 2.25. The van der Waals surface area contributed by atoms with Gasteiger partial charge in [-0.1, -0.05) is 31.5 Å². The van der Waals surface area contributed by atoms with Gasteiger partial charge in [0, 0.05) is 30.7 Å². The SMILES string of the molecule is CCN(CC)S(=O)(=O)c1cc(C(=O)N(C)CC(=O)Nc2cc(Cl)ccc2OC)ccc1C. The van der Waals surface area contributed by atoms with Crippen molar-refractivity contribution in [2.75, 3.05) is 39.1 Å². The van der Waals surface area contributed by atoms with Crippen LogP contribution in [0.2, 0.25) is 5.02 Å². The summed E-state index contributed by atoms with van der Waals surface area (Å²) in [6, 6.07) is 9.30. The van der Waals surface area contributed by atoms with E-state index in [1.54, 1.807) is 51.1 Å². The monoisotopic (exact) mass is 481 g/mol. The van der Waals surface area contributed by atoms with Gasteiger partial charge >= 0.3 is 0 Å². The maximum Gasteiger partial charge on any atom is 0.254 e. The number of hydrogen-bond acceptors (Lipinski definition) is 5. The molecule has 0 unspecified atom stereocenters. The van der Waals surface area contributed by atoms with Crippen LogP contribution in [-0.2, 0) is 14.8 Å². The van der Waals surface area contributed by atoms with Crippen LogP contribution in [0, 0.1) is 6.92 Å². The largest absolute Gasteiger partial charge is 0.495 e. The van der Waals surface area contributed by atoms with Crippen molar-refractivity contribution in [3.63, 3.8) is 0 Å². The van der Waals surface area contributed by atoms with Gasteiger partial charge in [0.15, 0.2) is 0 Å². The van der Waals surface area contributed by atoms with Crippen molar-refractivity contribution in [2.24, 2.45) is 0 Å². The van der Waals surface area contributed by atoms with E-state index >= 15 is 0 Å². The van der Waals surface area contributed by atoms with Crippen LogP contribution in [0.5, 0.6) is 5.75 Å². The van der Waals surface area contributed by atoms with Gasteiger partial charge in [0.05, 0.1) is 24.2 Å². The van der Waals surface area contributed by atoms with E-state index in [0.29, 0.717) is 35.1 Å². The molecule has 2 aromatic rings. The van der Waals surface area contributed by atoms with Crippen molar-refractivity contribution in [3.05, 3.63) is 52.5 Å². The molecule has 2 aromatic carbocycles. The highest BCUT2D eigenvalue weighted by molar-refractivity contribution is 7.89. The Morgan fingerprint density at radius 2 is 1.75 bits per heavy atom. The molecule has 0 bridgehead atoms. The number of carbonyl (C=O) groups excluding carboxylic acids is 2. The lowest BCUT2D eigenvalue weighted by molar-refractivity contribution is -0.116. The van der Waals surface area contributed by atoms with E-state index in [2.05, 4.69) is 5.32 Å². The molecular weight excluding hydrogens is 454 g/mol. The maximum atomic E-state index is 12.9. The highest BCUT2D eigenvalue weighted by Crippen LogP contribution is 2.27. The van der Waals surface area contributed by atoms with Crippen molar-refractivity contribution >= 4 is 39.1 Å². The topological polar surface area (TPSA) is 96.0 Å². The molecule has 2 rings (SSSR count). The number of rotatable bonds is 9. The van der Waals surface area contributed by atoms with Gasteiger partial charge in [-0.25, -0.2) is 8.42 Å². The number of halogens is 1. The summed E-state index contributed by atoms with van der Waals surface area (Å²) in [7, 11) is -0.796. The number of benzene rings is 2. The minimum Gasteiger partial charge on any atom is -0.495 e. The Kier molecular flexibility index (Phi) is 8.65. The summed E-state index contributed by atoms with van der Waals surface area (Å²) in [5, 5.41) is 3.09. The fourth-order valence-electron chi connectivity index (χ4n) is 3.19. The normalized spacial score (nSPS) is 11.3. The van der Waals surface area contributed by atoms with Crippen LogP contribution in [-0.4, -0.2) is 63.2 Å². The molecule has 174 valence electrons. The van der Waals surface area contributed by atoms with Crippen LogP contribution < -0.4 is 10.1 Å². The Balaban J connectivity index is 2.21. The summed E-state index contributed by atoms with van der Waals surface area (Å²) < 4.78 is 32.4. The van der Waals surface area contributed by atoms with Crippen molar-refractivity contribution < 1.29 is 22.7 Å². The highest BCUT2D eigenvalue weighted by atomic mass is 35.5. The van der Waals surface area contributed by atoms with Crippen molar-refractivity contribution in [2.45, 2.75) is 25.7 Å². The molecule has 0 saturated heterocycles. The average Bonchev–Trinajstić information content (AvgIpc) is 2.74. The fourth-order valence-corrected chi connectivity index (χ4v) is 5.07. The second kappa shape index (κ2) is 10.8. The molecule has 2 amide bonds. The maximum absolute atomic E-state index is 12.9. The van der Waals surface area contributed by atoms with Gasteiger partial charge in [0.2, 0.25) is 15.9 Å². The third kappa shape index (κ3) is 5.79. The molecule has 32 heavy (non-hydrogen) atoms. The molecule has 0 aliphatic carbocycles. The first kappa shape index (κ1) is 25.6. The van der Waals surface area contributed by atoms with Crippen molar-refractivity contribution in [1.29, 1.82) is 0 Å². The molecule has 0 aromatic heterocycles. The number of sulfonamides is 1. The second-order valence-electron chi connectivity index (χ2n) is 7.12. The first-order chi connectivity index (χ1) is 15.0. The van der Waals surface area contributed by atoms with Crippen LogP contribution in [0.3, 0.4) is 0 Å². The van der Waals surface area contributed by atoms with Crippen molar-refractivity contribution in [3.8, 4) is 5.75 Å². The smallest absolute Gasteiger partial charge is 0.254 e. The number of nitrogens with zero attached hydrogens (tertiary/aromatic N) is 2. The van der Waals surface area contributed by atoms with E-state index in [1.165, 1.54) is 29.4 Å². The summed E-state index contributed by atoms with van der Waals surface area (Å²) in [5.41, 5.74) is 1.10. The van der Waals surface area contributed by atoms with E-state index in [1.807, 2.05) is 0 Å². The van der Waals surface area contributed by atoms with Gasteiger partial charge in [-0.3, -0.25) is 9.59 Å².